The third-order valence-electron chi connectivity index (χ3n) is 10.2. The van der Waals surface area contributed by atoms with Crippen molar-refractivity contribution in [3.05, 3.63) is 0 Å². The zero-order valence-corrected chi connectivity index (χ0v) is 24.4. The Bertz CT molecular complexity index is 1030. The van der Waals surface area contributed by atoms with Gasteiger partial charge in [0.1, 0.15) is 0 Å². The van der Waals surface area contributed by atoms with Crippen molar-refractivity contribution in [2.45, 2.75) is 97.1 Å². The molecule has 0 saturated heterocycles. The van der Waals surface area contributed by atoms with E-state index in [9.17, 15) is 28.0 Å². The molecular weight excluding hydrogens is 477 g/mol. The molecule has 4 rings (SSSR count). The van der Waals surface area contributed by atoms with E-state index in [1.807, 2.05) is 6.92 Å². The van der Waals surface area contributed by atoms with Crippen LogP contribution in [0.5, 0.6) is 0 Å². The molecule has 4 aliphatic carbocycles. The van der Waals surface area contributed by atoms with Crippen LogP contribution in [-0.4, -0.2) is 53.6 Å². The van der Waals surface area contributed by atoms with Gasteiger partial charge in [0.2, 0.25) is 5.91 Å². The molecule has 0 aromatic heterocycles. The molecule has 0 aliphatic heterocycles. The summed E-state index contributed by atoms with van der Waals surface area (Å²) < 4.78 is 66.5. The van der Waals surface area contributed by atoms with Crippen LogP contribution in [0.4, 0.5) is 0 Å². The number of carbonyl (C=O) groups is 1. The predicted octanol–water partition coefficient (Wildman–Crippen LogP) is 0.0587. The maximum atomic E-state index is 12.2. The monoisotopic (exact) mass is 525 g/mol. The zero-order valence-electron chi connectivity index (χ0n) is 25.6. The molecule has 3 N–H and O–H groups in total. The first-order valence-electron chi connectivity index (χ1n) is 14.9. The van der Waals surface area contributed by atoms with E-state index in [0.29, 0.717) is 12.3 Å². The third-order valence-corrected chi connectivity index (χ3v) is 10.9. The number of hydrogen-bond donors (Lipinski definition) is 3. The van der Waals surface area contributed by atoms with Gasteiger partial charge in [0.15, 0.2) is 0 Å². The Kier molecular flexibility index (Phi) is 7.78. The van der Waals surface area contributed by atoms with E-state index < -0.39 is 52.2 Å². The number of nitrogens with one attached hydrogen (secondary N) is 1. The molecule has 1 amide bonds. The van der Waals surface area contributed by atoms with Crippen LogP contribution < -0.4 is 34.9 Å². The van der Waals surface area contributed by atoms with Crippen LogP contribution in [0.2, 0.25) is 0 Å². The van der Waals surface area contributed by atoms with Crippen LogP contribution in [0.1, 0.15) is 90.4 Å². The van der Waals surface area contributed by atoms with E-state index in [4.69, 9.17) is 5.48 Å². The summed E-state index contributed by atoms with van der Waals surface area (Å²) in [6.45, 7) is 6.22. The third kappa shape index (κ3) is 5.99. The van der Waals surface area contributed by atoms with Gasteiger partial charge in [-0.05, 0) is 104 Å². The minimum Gasteiger partial charge on any atom is -0.748 e. The van der Waals surface area contributed by atoms with Crippen molar-refractivity contribution in [2.75, 3.05) is 12.3 Å². The van der Waals surface area contributed by atoms with Crippen molar-refractivity contribution in [1.29, 1.82) is 0 Å². The Morgan fingerprint density at radius 1 is 1.17 bits per heavy atom. The first-order chi connectivity index (χ1) is 17.3. The Labute approximate surface area is 239 Å². The quantitative estimate of drug-likeness (QED) is 0.319. The molecule has 0 radical (unpaired) electrons. The standard InChI is InChI=1S/C26H45NO6S.Na/c1-16(4-7-23(30)27-12-13-34(31,32)33)19-5-6-20-24-21(9-11-26(19,20)3)25(2)10-8-18(28)14-17(25)15-22(24)29;/h16-22,24,28-29H,4-15H2,1-3H3,(H,27,30)(H,31,32,33);/q;+1/p-1/t16-,17?,18-,19?,20?,21?,22-,24?,25+,26-;/m1./s1/i8D2,14D2;. The van der Waals surface area contributed by atoms with Crippen LogP contribution in [-0.2, 0) is 14.9 Å². The number of aliphatic hydroxyl groups is 2. The van der Waals surface area contributed by atoms with Gasteiger partial charge in [0.25, 0.3) is 0 Å². The Balaban J connectivity index is 0.00000420. The van der Waals surface area contributed by atoms with Gasteiger partial charge in [-0.25, -0.2) is 8.42 Å². The molecule has 0 spiro atoms. The van der Waals surface area contributed by atoms with Gasteiger partial charge in [-0.1, -0.05) is 20.8 Å². The molecule has 0 aromatic carbocycles. The van der Waals surface area contributed by atoms with Crippen molar-refractivity contribution in [2.24, 2.45) is 46.3 Å². The van der Waals surface area contributed by atoms with Gasteiger partial charge in [-0.2, -0.15) is 0 Å². The summed E-state index contributed by atoms with van der Waals surface area (Å²) in [6.07, 6.45) is -1.81. The molecule has 10 atom stereocenters. The van der Waals surface area contributed by atoms with Crippen LogP contribution in [0.3, 0.4) is 0 Å². The molecule has 196 valence electrons. The summed E-state index contributed by atoms with van der Waals surface area (Å²) in [5, 5.41) is 24.5. The normalized spacial score (nSPS) is 48.3. The fourth-order valence-corrected chi connectivity index (χ4v) is 8.80. The van der Waals surface area contributed by atoms with Crippen LogP contribution in [0, 0.1) is 46.3 Å². The first-order valence-corrected chi connectivity index (χ1v) is 14.5. The Morgan fingerprint density at radius 2 is 1.86 bits per heavy atom. The van der Waals surface area contributed by atoms with Crippen LogP contribution in [0.15, 0.2) is 0 Å². The fraction of sp³-hybridized carbons (Fsp3) is 0.962. The molecule has 0 aromatic rings. The van der Waals surface area contributed by atoms with Gasteiger partial charge < -0.3 is 20.1 Å². The topological polar surface area (TPSA) is 127 Å². The predicted molar refractivity (Wildman–Crippen MR) is 129 cm³/mol. The van der Waals surface area contributed by atoms with Gasteiger partial charge in [-0.15, -0.1) is 0 Å². The minimum absolute atomic E-state index is 0. The second-order valence-electron chi connectivity index (χ2n) is 12.0. The van der Waals surface area contributed by atoms with Crippen molar-refractivity contribution in [3.63, 3.8) is 0 Å². The molecule has 0 bridgehead atoms. The van der Waals surface area contributed by atoms with Gasteiger partial charge in [-0.3, -0.25) is 4.79 Å². The van der Waals surface area contributed by atoms with Crippen molar-refractivity contribution in [3.8, 4) is 0 Å². The van der Waals surface area contributed by atoms with Crippen molar-refractivity contribution >= 4 is 16.0 Å². The number of fused-ring (bicyclic) bond motifs is 5. The maximum absolute atomic E-state index is 12.2. The second-order valence-corrected chi connectivity index (χ2v) is 13.5. The maximum Gasteiger partial charge on any atom is 1.00 e. The van der Waals surface area contributed by atoms with Crippen molar-refractivity contribution in [1.82, 2.24) is 5.32 Å². The average Bonchev–Trinajstić information content (AvgIpc) is 3.14. The second kappa shape index (κ2) is 11.2. The molecule has 4 fully saturated rings. The average molecular weight is 526 g/mol. The summed E-state index contributed by atoms with van der Waals surface area (Å²) in [5.74, 6) is -0.783. The first kappa shape index (κ1) is 24.3. The number of aliphatic hydroxyl groups excluding tert-OH is 2. The van der Waals surface area contributed by atoms with Gasteiger partial charge in [0.05, 0.1) is 28.1 Å². The number of amides is 1. The fourth-order valence-electron chi connectivity index (χ4n) is 8.44. The summed E-state index contributed by atoms with van der Waals surface area (Å²) >= 11 is 0. The van der Waals surface area contributed by atoms with Gasteiger partial charge in [0, 0.05) is 18.4 Å². The largest absolute Gasteiger partial charge is 1.00 e. The van der Waals surface area contributed by atoms with Crippen LogP contribution in [0.25, 0.3) is 0 Å². The number of carbonyl (C=O) groups excluding carboxylic acids is 1. The van der Waals surface area contributed by atoms with Crippen LogP contribution >= 0.6 is 0 Å². The minimum atomic E-state index is -4.37. The molecule has 4 saturated carbocycles. The molecule has 4 aliphatic rings. The Morgan fingerprint density at radius 3 is 2.54 bits per heavy atom. The molecular formula is C26H44NNaO6S. The molecule has 35 heavy (non-hydrogen) atoms. The SMILES string of the molecule is [2H]C1([2H])C[C@]2(C)C3CC[C@@]4(C)C(CCC4[C@H](C)CCC(=O)NCCS(=O)(=O)[O-])C3[C@H](O)CC2C([2H])([2H])[C@@H]1O.[Na+]. The summed E-state index contributed by atoms with van der Waals surface area (Å²) in [7, 11) is -4.37. The number of hydrogen-bond acceptors (Lipinski definition) is 6. The van der Waals surface area contributed by atoms with E-state index in [-0.39, 0.29) is 90.4 Å². The summed E-state index contributed by atoms with van der Waals surface area (Å²) in [5.41, 5.74) is -0.707. The van der Waals surface area contributed by atoms with E-state index >= 15 is 0 Å². The van der Waals surface area contributed by atoms with E-state index in [1.165, 1.54) is 0 Å². The van der Waals surface area contributed by atoms with E-state index in [1.54, 1.807) is 0 Å². The molecule has 5 unspecified atom stereocenters. The van der Waals surface area contributed by atoms with Crippen molar-refractivity contribution < 1.29 is 63.0 Å². The number of rotatable bonds is 7. The van der Waals surface area contributed by atoms with E-state index in [0.717, 1.165) is 25.7 Å². The smallest absolute Gasteiger partial charge is 0.748 e. The Hall–Kier alpha value is 0.300. The van der Waals surface area contributed by atoms with E-state index in [2.05, 4.69) is 19.2 Å². The van der Waals surface area contributed by atoms with Gasteiger partial charge >= 0.3 is 29.6 Å². The molecule has 9 heteroatoms. The molecule has 0 heterocycles. The zero-order chi connectivity index (χ0) is 28.5. The molecule has 7 nitrogen and oxygen atoms in total. The summed E-state index contributed by atoms with van der Waals surface area (Å²) in [4.78, 5) is 12.2. The summed E-state index contributed by atoms with van der Waals surface area (Å²) in [6, 6.07) is 0.